The molecular weight excluding hydrogens is 368 g/mol. The minimum atomic E-state index is -0.452. The predicted molar refractivity (Wildman–Crippen MR) is 105 cm³/mol. The average Bonchev–Trinajstić information content (AvgIpc) is 3.11. The van der Waals surface area contributed by atoms with Crippen LogP contribution >= 0.6 is 11.6 Å². The van der Waals surface area contributed by atoms with Gasteiger partial charge < -0.3 is 13.9 Å². The molecule has 27 heavy (non-hydrogen) atoms. The van der Waals surface area contributed by atoms with Crippen LogP contribution in [0.2, 0.25) is 5.02 Å². The Morgan fingerprint density at radius 1 is 1.33 bits per heavy atom. The normalized spacial score (nSPS) is 10.9. The molecule has 0 atom stereocenters. The Balaban J connectivity index is 1.72. The number of fused-ring (bicyclic) bond motifs is 1. The molecule has 0 saturated carbocycles. The molecule has 0 spiro atoms. The van der Waals surface area contributed by atoms with Gasteiger partial charge in [-0.1, -0.05) is 42.5 Å². The predicted octanol–water partition coefficient (Wildman–Crippen LogP) is 4.42. The van der Waals surface area contributed by atoms with E-state index in [2.05, 4.69) is 17.1 Å². The third-order valence-electron chi connectivity index (χ3n) is 3.63. The number of carbonyl (C=O) groups excluding carboxylic acids is 1. The molecular formula is C20H17ClN2O4. The largest absolute Gasteiger partial charge is 0.493 e. The summed E-state index contributed by atoms with van der Waals surface area (Å²) in [5.74, 6) is 0.598. The Hall–Kier alpha value is -3.25. The smallest absolute Gasteiger partial charge is 0.307 e. The van der Waals surface area contributed by atoms with Crippen molar-refractivity contribution in [2.24, 2.45) is 5.10 Å². The van der Waals surface area contributed by atoms with Gasteiger partial charge in [0.25, 0.3) is 0 Å². The van der Waals surface area contributed by atoms with Gasteiger partial charge in [0.2, 0.25) is 0 Å². The number of furan rings is 1. The number of carbonyl (C=O) groups is 1. The number of hydrogen-bond acceptors (Lipinski definition) is 5. The molecule has 0 aliphatic carbocycles. The van der Waals surface area contributed by atoms with Gasteiger partial charge in [0.15, 0.2) is 17.3 Å². The number of hydrazone groups is 1. The summed E-state index contributed by atoms with van der Waals surface area (Å²) < 4.78 is 16.3. The molecule has 7 heteroatoms. The van der Waals surface area contributed by atoms with Crippen LogP contribution in [0.15, 0.2) is 64.6 Å². The second-order valence-electron chi connectivity index (χ2n) is 5.48. The first-order valence-corrected chi connectivity index (χ1v) is 8.43. The van der Waals surface area contributed by atoms with Crippen LogP contribution < -0.4 is 14.9 Å². The zero-order valence-electron chi connectivity index (χ0n) is 14.6. The number of benzene rings is 2. The average molecular weight is 385 g/mol. The summed E-state index contributed by atoms with van der Waals surface area (Å²) in [6.07, 6.45) is 3.06. The highest BCUT2D eigenvalue weighted by Gasteiger charge is 2.12. The highest BCUT2D eigenvalue weighted by molar-refractivity contribution is 6.32. The van der Waals surface area contributed by atoms with E-state index in [0.29, 0.717) is 34.3 Å². The van der Waals surface area contributed by atoms with Gasteiger partial charge in [0, 0.05) is 5.39 Å². The number of amides is 1. The lowest BCUT2D eigenvalue weighted by Crippen LogP contribution is -2.16. The van der Waals surface area contributed by atoms with Crippen molar-refractivity contribution in [3.63, 3.8) is 0 Å². The molecule has 0 fully saturated rings. The van der Waals surface area contributed by atoms with Crippen LogP contribution in [0.5, 0.6) is 11.5 Å². The van der Waals surface area contributed by atoms with Crippen molar-refractivity contribution in [1.29, 1.82) is 0 Å². The van der Waals surface area contributed by atoms with Gasteiger partial charge in [0.1, 0.15) is 12.2 Å². The van der Waals surface area contributed by atoms with Crippen LogP contribution in [0, 0.1) is 0 Å². The van der Waals surface area contributed by atoms with E-state index in [0.717, 1.165) is 5.39 Å². The Morgan fingerprint density at radius 2 is 2.15 bits per heavy atom. The van der Waals surface area contributed by atoms with E-state index in [1.165, 1.54) is 13.3 Å². The lowest BCUT2D eigenvalue weighted by Gasteiger charge is -2.11. The molecule has 0 unspecified atom stereocenters. The lowest BCUT2D eigenvalue weighted by atomic mass is 10.2. The first-order valence-electron chi connectivity index (χ1n) is 8.05. The van der Waals surface area contributed by atoms with E-state index in [1.807, 2.05) is 18.2 Å². The quantitative estimate of drug-likeness (QED) is 0.371. The maximum absolute atomic E-state index is 12.2. The van der Waals surface area contributed by atoms with Crippen molar-refractivity contribution in [3.05, 3.63) is 71.5 Å². The second kappa shape index (κ2) is 8.42. The molecule has 3 aromatic rings. The monoisotopic (exact) mass is 384 g/mol. The lowest BCUT2D eigenvalue weighted by molar-refractivity contribution is 0.0929. The van der Waals surface area contributed by atoms with Crippen molar-refractivity contribution in [3.8, 4) is 11.5 Å². The molecule has 138 valence electrons. The highest BCUT2D eigenvalue weighted by atomic mass is 35.5. The number of rotatable bonds is 7. The Kier molecular flexibility index (Phi) is 5.78. The highest BCUT2D eigenvalue weighted by Crippen LogP contribution is 2.36. The number of halogens is 1. The molecule has 0 aliphatic rings. The van der Waals surface area contributed by atoms with Gasteiger partial charge in [-0.3, -0.25) is 4.79 Å². The fraction of sp³-hybridized carbons (Fsp3) is 0.100. The topological polar surface area (TPSA) is 73.1 Å². The molecule has 1 heterocycles. The van der Waals surface area contributed by atoms with Crippen molar-refractivity contribution >= 4 is 34.7 Å². The summed E-state index contributed by atoms with van der Waals surface area (Å²) in [7, 11) is 1.51. The van der Waals surface area contributed by atoms with Gasteiger partial charge in [-0.25, -0.2) is 5.43 Å². The summed E-state index contributed by atoms with van der Waals surface area (Å²) >= 11 is 6.23. The third-order valence-corrected chi connectivity index (χ3v) is 3.91. The Morgan fingerprint density at radius 3 is 2.89 bits per heavy atom. The molecule has 6 nitrogen and oxygen atoms in total. The first-order chi connectivity index (χ1) is 13.1. The SMILES string of the molecule is C=CCOc1c(Cl)cc(/C=N/NC(=O)c2cc3ccccc3o2)cc1OC. The number of para-hydroxylation sites is 1. The summed E-state index contributed by atoms with van der Waals surface area (Å²) in [6.45, 7) is 3.90. The van der Waals surface area contributed by atoms with E-state index in [9.17, 15) is 4.79 Å². The standard InChI is InChI=1S/C20H17ClN2O4/c1-3-8-26-19-15(21)9-13(10-17(19)25-2)12-22-23-20(24)18-11-14-6-4-5-7-16(14)27-18/h3-7,9-12H,1,8H2,2H3,(H,23,24)/b22-12+. The minimum absolute atomic E-state index is 0.178. The van der Waals surface area contributed by atoms with Crippen molar-refractivity contribution in [2.75, 3.05) is 13.7 Å². The molecule has 1 amide bonds. The fourth-order valence-corrected chi connectivity index (χ4v) is 2.68. The number of hydrogen-bond donors (Lipinski definition) is 1. The van der Waals surface area contributed by atoms with E-state index in [-0.39, 0.29) is 5.76 Å². The van der Waals surface area contributed by atoms with Crippen LogP contribution in [0.1, 0.15) is 16.1 Å². The summed E-state index contributed by atoms with van der Waals surface area (Å²) in [5.41, 5.74) is 3.69. The van der Waals surface area contributed by atoms with Crippen molar-refractivity contribution in [1.82, 2.24) is 5.43 Å². The Labute approximate surface area is 161 Å². The van der Waals surface area contributed by atoms with Crippen molar-refractivity contribution in [2.45, 2.75) is 0 Å². The fourth-order valence-electron chi connectivity index (χ4n) is 2.41. The zero-order chi connectivity index (χ0) is 19.2. The van der Waals surface area contributed by atoms with E-state index < -0.39 is 5.91 Å². The van der Waals surface area contributed by atoms with Crippen LogP contribution in [0.4, 0.5) is 0 Å². The summed E-state index contributed by atoms with van der Waals surface area (Å²) in [5, 5.41) is 5.15. The summed E-state index contributed by atoms with van der Waals surface area (Å²) in [4.78, 5) is 12.2. The maximum Gasteiger partial charge on any atom is 0.307 e. The molecule has 0 bridgehead atoms. The van der Waals surface area contributed by atoms with Crippen LogP contribution in [-0.2, 0) is 0 Å². The van der Waals surface area contributed by atoms with Crippen LogP contribution in [-0.4, -0.2) is 25.8 Å². The van der Waals surface area contributed by atoms with Gasteiger partial charge in [-0.2, -0.15) is 5.10 Å². The number of methoxy groups -OCH3 is 1. The Bertz CT molecular complexity index is 977. The molecule has 2 aromatic carbocycles. The molecule has 1 aromatic heterocycles. The molecule has 1 N–H and O–H groups in total. The third kappa shape index (κ3) is 4.30. The summed E-state index contributed by atoms with van der Waals surface area (Å²) in [6, 6.07) is 12.4. The molecule has 3 rings (SSSR count). The molecule has 0 aliphatic heterocycles. The number of nitrogens with one attached hydrogen (secondary N) is 1. The molecule has 0 radical (unpaired) electrons. The second-order valence-corrected chi connectivity index (χ2v) is 5.89. The van der Waals surface area contributed by atoms with Crippen LogP contribution in [0.3, 0.4) is 0 Å². The number of ether oxygens (including phenoxy) is 2. The number of nitrogens with zero attached hydrogens (tertiary/aromatic N) is 1. The van der Waals surface area contributed by atoms with E-state index in [1.54, 1.807) is 30.3 Å². The van der Waals surface area contributed by atoms with Gasteiger partial charge in [-0.15, -0.1) is 0 Å². The van der Waals surface area contributed by atoms with E-state index in [4.69, 9.17) is 25.5 Å². The zero-order valence-corrected chi connectivity index (χ0v) is 15.3. The maximum atomic E-state index is 12.2. The first kappa shape index (κ1) is 18.5. The van der Waals surface area contributed by atoms with Gasteiger partial charge >= 0.3 is 5.91 Å². The van der Waals surface area contributed by atoms with E-state index >= 15 is 0 Å². The van der Waals surface area contributed by atoms with Crippen molar-refractivity contribution < 1.29 is 18.7 Å². The molecule has 0 saturated heterocycles. The van der Waals surface area contributed by atoms with Crippen LogP contribution in [0.25, 0.3) is 11.0 Å². The van der Waals surface area contributed by atoms with Gasteiger partial charge in [-0.05, 0) is 29.8 Å². The minimum Gasteiger partial charge on any atom is -0.493 e. The van der Waals surface area contributed by atoms with Gasteiger partial charge in [0.05, 0.1) is 18.3 Å².